The predicted octanol–water partition coefficient (Wildman–Crippen LogP) is -0.885. The van der Waals surface area contributed by atoms with Crippen LogP contribution in [0.5, 0.6) is 0 Å². The van der Waals surface area contributed by atoms with Gasteiger partial charge in [-0.1, -0.05) is 0 Å². The maximum atomic E-state index is 12.2. The topological polar surface area (TPSA) is 126 Å². The van der Waals surface area contributed by atoms with E-state index in [0.717, 1.165) is 52.1 Å². The zero-order valence-electron chi connectivity index (χ0n) is 15.7. The average Bonchev–Trinajstić information content (AvgIpc) is 2.96. The molecule has 0 bridgehead atoms. The Hall–Kier alpha value is -2.07. The number of cyclic esters (lactones) is 1. The highest BCUT2D eigenvalue weighted by Crippen LogP contribution is 2.21. The van der Waals surface area contributed by atoms with Crippen molar-refractivity contribution >= 4 is 18.0 Å². The van der Waals surface area contributed by atoms with E-state index in [1.807, 2.05) is 9.80 Å². The predicted molar refractivity (Wildman–Crippen MR) is 98.6 cm³/mol. The van der Waals surface area contributed by atoms with Gasteiger partial charge < -0.3 is 25.4 Å². The minimum atomic E-state index is -0.794. The number of piperidine rings is 1. The van der Waals surface area contributed by atoms with Crippen LogP contribution in [0, 0.1) is 11.3 Å². The Morgan fingerprint density at radius 1 is 1.11 bits per heavy atom. The number of nitrogens with two attached hydrogens (primary N) is 1. The Balaban J connectivity index is 1.38. The fourth-order valence-corrected chi connectivity index (χ4v) is 4.10. The van der Waals surface area contributed by atoms with Gasteiger partial charge in [-0.2, -0.15) is 0 Å². The lowest BCUT2D eigenvalue weighted by molar-refractivity contribution is -0.138. The van der Waals surface area contributed by atoms with Crippen LogP contribution in [-0.2, 0) is 9.53 Å². The largest absolute Gasteiger partial charge is 0.480 e. The molecule has 152 valence electrons. The van der Waals surface area contributed by atoms with Gasteiger partial charge in [-0.3, -0.25) is 20.0 Å². The number of hydrogen-bond acceptors (Lipinski definition) is 6. The number of ether oxygens (including phenoxy) is 1. The van der Waals surface area contributed by atoms with Crippen LogP contribution in [0.15, 0.2) is 0 Å². The minimum absolute atomic E-state index is 0.0858. The average molecular weight is 382 g/mol. The van der Waals surface area contributed by atoms with Gasteiger partial charge in [0.05, 0.1) is 13.1 Å². The van der Waals surface area contributed by atoms with Crippen LogP contribution in [0.3, 0.4) is 0 Å². The van der Waals surface area contributed by atoms with E-state index in [2.05, 4.69) is 4.90 Å². The van der Waals surface area contributed by atoms with E-state index in [1.165, 1.54) is 0 Å². The zero-order valence-corrected chi connectivity index (χ0v) is 15.7. The van der Waals surface area contributed by atoms with Gasteiger partial charge in [0.15, 0.2) is 5.96 Å². The number of piperazine rings is 1. The first-order chi connectivity index (χ1) is 12.9. The van der Waals surface area contributed by atoms with E-state index < -0.39 is 5.97 Å². The Kier molecular flexibility index (Phi) is 6.38. The van der Waals surface area contributed by atoms with Gasteiger partial charge in [0.2, 0.25) is 0 Å². The maximum Gasteiger partial charge on any atom is 0.410 e. The van der Waals surface area contributed by atoms with Gasteiger partial charge in [-0.15, -0.1) is 0 Å². The van der Waals surface area contributed by atoms with Crippen molar-refractivity contribution in [1.29, 1.82) is 5.41 Å². The molecule has 0 aromatic rings. The summed E-state index contributed by atoms with van der Waals surface area (Å²) in [4.78, 5) is 30.8. The number of likely N-dealkylation sites (tertiary alicyclic amines) is 1. The molecular weight excluding hydrogens is 352 g/mol. The van der Waals surface area contributed by atoms with Crippen molar-refractivity contribution in [2.45, 2.75) is 18.9 Å². The van der Waals surface area contributed by atoms with Crippen molar-refractivity contribution in [3.8, 4) is 0 Å². The first-order valence-corrected chi connectivity index (χ1v) is 9.61. The molecule has 0 aromatic carbocycles. The van der Waals surface area contributed by atoms with E-state index in [4.69, 9.17) is 21.0 Å². The summed E-state index contributed by atoms with van der Waals surface area (Å²) < 4.78 is 5.54. The monoisotopic (exact) mass is 382 g/mol. The lowest BCUT2D eigenvalue weighted by atomic mass is 9.96. The summed E-state index contributed by atoms with van der Waals surface area (Å²) in [5, 5.41) is 16.3. The van der Waals surface area contributed by atoms with E-state index >= 15 is 0 Å². The van der Waals surface area contributed by atoms with Crippen molar-refractivity contribution in [2.24, 2.45) is 11.7 Å². The van der Waals surface area contributed by atoms with Gasteiger partial charge in [-0.05, 0) is 18.8 Å². The summed E-state index contributed by atoms with van der Waals surface area (Å²) in [5.74, 6) is -0.248. The molecule has 3 rings (SSSR count). The van der Waals surface area contributed by atoms with Crippen LogP contribution in [0.2, 0.25) is 0 Å². The smallest absolute Gasteiger partial charge is 0.410 e. The number of nitrogens with one attached hydrogen (secondary N) is 1. The Labute approximate surface area is 159 Å². The number of rotatable bonds is 6. The third kappa shape index (κ3) is 5.46. The second-order valence-corrected chi connectivity index (χ2v) is 7.70. The second-order valence-electron chi connectivity index (χ2n) is 7.70. The number of carboxylic acids is 1. The van der Waals surface area contributed by atoms with Crippen LogP contribution < -0.4 is 5.73 Å². The van der Waals surface area contributed by atoms with Crippen LogP contribution in [0.1, 0.15) is 12.8 Å². The third-order valence-electron chi connectivity index (χ3n) is 5.67. The molecular formula is C17H30N6O4. The molecule has 3 aliphatic rings. The maximum absolute atomic E-state index is 12.2. The number of hydrogen-bond donors (Lipinski definition) is 3. The first-order valence-electron chi connectivity index (χ1n) is 9.61. The number of amides is 1. The fraction of sp³-hybridized carbons (Fsp3) is 0.824. The fourth-order valence-electron chi connectivity index (χ4n) is 4.10. The molecule has 3 fully saturated rings. The standard InChI is InChI=1S/C17H30N6O4/c18-16(19)22-3-1-13(2-4-22)9-23-11-14(27-17(23)26)10-20-5-7-21(8-6-20)12-15(24)25/h13-14H,1-12H2,(H3,18,19)(H,24,25). The van der Waals surface area contributed by atoms with Gasteiger partial charge in [0.1, 0.15) is 6.10 Å². The van der Waals surface area contributed by atoms with Crippen LogP contribution in [0.4, 0.5) is 4.79 Å². The quantitative estimate of drug-likeness (QED) is 0.399. The molecule has 1 unspecified atom stereocenters. The Bertz CT molecular complexity index is 558. The summed E-state index contributed by atoms with van der Waals surface area (Å²) in [5.41, 5.74) is 5.53. The molecule has 27 heavy (non-hydrogen) atoms. The zero-order chi connectivity index (χ0) is 19.4. The molecule has 4 N–H and O–H groups in total. The van der Waals surface area contributed by atoms with Crippen LogP contribution in [-0.4, -0.2) is 114 Å². The summed E-state index contributed by atoms with van der Waals surface area (Å²) in [7, 11) is 0. The van der Waals surface area contributed by atoms with E-state index in [-0.39, 0.29) is 24.7 Å². The molecule has 3 heterocycles. The van der Waals surface area contributed by atoms with E-state index in [1.54, 1.807) is 4.90 Å². The first kappa shape index (κ1) is 19.7. The molecule has 0 spiro atoms. The second kappa shape index (κ2) is 8.75. The van der Waals surface area contributed by atoms with Crippen molar-refractivity contribution < 1.29 is 19.4 Å². The van der Waals surface area contributed by atoms with Crippen LogP contribution >= 0.6 is 0 Å². The SMILES string of the molecule is N=C(N)N1CCC(CN2CC(CN3CCN(CC(=O)O)CC3)OC2=O)CC1. The minimum Gasteiger partial charge on any atom is -0.480 e. The number of nitrogens with zero attached hydrogens (tertiary/aromatic N) is 4. The molecule has 10 nitrogen and oxygen atoms in total. The molecule has 1 atom stereocenters. The highest BCUT2D eigenvalue weighted by Gasteiger charge is 2.35. The molecule has 3 saturated heterocycles. The lowest BCUT2D eigenvalue weighted by Crippen LogP contribution is -2.50. The third-order valence-corrected chi connectivity index (χ3v) is 5.67. The molecule has 10 heteroatoms. The summed E-state index contributed by atoms with van der Waals surface area (Å²) >= 11 is 0. The number of carboxylic acid groups (broad SMARTS) is 1. The molecule has 0 saturated carbocycles. The van der Waals surface area contributed by atoms with E-state index in [0.29, 0.717) is 25.6 Å². The van der Waals surface area contributed by atoms with Gasteiger partial charge in [0, 0.05) is 52.4 Å². The van der Waals surface area contributed by atoms with Crippen molar-refractivity contribution in [3.63, 3.8) is 0 Å². The summed E-state index contributed by atoms with van der Waals surface area (Å²) in [6.07, 6.45) is 1.50. The van der Waals surface area contributed by atoms with Crippen LogP contribution in [0.25, 0.3) is 0 Å². The highest BCUT2D eigenvalue weighted by molar-refractivity contribution is 5.74. The van der Waals surface area contributed by atoms with Crippen molar-refractivity contribution in [3.05, 3.63) is 0 Å². The Morgan fingerprint density at radius 2 is 1.74 bits per heavy atom. The molecule has 0 aromatic heterocycles. The highest BCUT2D eigenvalue weighted by atomic mass is 16.6. The number of carbonyl (C=O) groups is 2. The van der Waals surface area contributed by atoms with Gasteiger partial charge in [-0.25, -0.2) is 4.79 Å². The molecule has 1 amide bonds. The van der Waals surface area contributed by atoms with E-state index in [9.17, 15) is 9.59 Å². The Morgan fingerprint density at radius 3 is 2.33 bits per heavy atom. The summed E-state index contributed by atoms with van der Waals surface area (Å²) in [6, 6.07) is 0. The molecule has 0 aliphatic carbocycles. The number of guanidine groups is 1. The van der Waals surface area contributed by atoms with Crippen molar-refractivity contribution in [1.82, 2.24) is 19.6 Å². The van der Waals surface area contributed by atoms with Gasteiger partial charge >= 0.3 is 12.1 Å². The number of carbonyl (C=O) groups excluding carboxylic acids is 1. The lowest BCUT2D eigenvalue weighted by Gasteiger charge is -2.34. The van der Waals surface area contributed by atoms with Crippen molar-refractivity contribution in [2.75, 3.05) is 65.4 Å². The van der Waals surface area contributed by atoms with Gasteiger partial charge in [0.25, 0.3) is 0 Å². The molecule has 0 radical (unpaired) electrons. The summed E-state index contributed by atoms with van der Waals surface area (Å²) in [6.45, 7) is 6.69. The normalized spacial score (nSPS) is 25.6. The molecule has 3 aliphatic heterocycles. The number of aliphatic carboxylic acids is 1.